The molecule has 152 valence electrons. The average Bonchev–Trinajstić information content (AvgIpc) is 2.55. The molecule has 0 saturated heterocycles. The molecule has 0 fully saturated rings. The lowest BCUT2D eigenvalue weighted by atomic mass is 10.0. The summed E-state index contributed by atoms with van der Waals surface area (Å²) >= 11 is 0. The number of rotatable bonds is 18. The monoisotopic (exact) mass is 378 g/mol. The first kappa shape index (κ1) is 24.9. The van der Waals surface area contributed by atoms with E-state index in [1.807, 2.05) is 0 Å². The molecule has 0 amide bonds. The van der Waals surface area contributed by atoms with Crippen LogP contribution in [0.2, 0.25) is 0 Å². The van der Waals surface area contributed by atoms with Gasteiger partial charge in [-0.25, -0.2) is 0 Å². The molecule has 0 aromatic carbocycles. The fourth-order valence-electron chi connectivity index (χ4n) is 3.16. The Labute approximate surface area is 156 Å². The SMILES string of the molecule is CCCCCCCCCCCCCCC(O)CCCC(C)S(=O)(=O)O. The number of hydrogen-bond donors (Lipinski definition) is 2. The highest BCUT2D eigenvalue weighted by Gasteiger charge is 2.17. The lowest BCUT2D eigenvalue weighted by Crippen LogP contribution is -2.17. The summed E-state index contributed by atoms with van der Waals surface area (Å²) < 4.78 is 30.7. The Balaban J connectivity index is 3.31. The molecule has 0 aliphatic heterocycles. The summed E-state index contributed by atoms with van der Waals surface area (Å²) in [6, 6.07) is 0. The molecule has 0 aromatic heterocycles. The minimum Gasteiger partial charge on any atom is -0.393 e. The van der Waals surface area contributed by atoms with Gasteiger partial charge in [0.05, 0.1) is 11.4 Å². The van der Waals surface area contributed by atoms with E-state index in [0.717, 1.165) is 12.8 Å². The van der Waals surface area contributed by atoms with E-state index in [9.17, 15) is 13.5 Å². The van der Waals surface area contributed by atoms with Crippen LogP contribution in [0.1, 0.15) is 117 Å². The van der Waals surface area contributed by atoms with Gasteiger partial charge in [0.1, 0.15) is 0 Å². The van der Waals surface area contributed by atoms with Gasteiger partial charge < -0.3 is 5.11 Å². The highest BCUT2D eigenvalue weighted by molar-refractivity contribution is 7.86. The molecule has 0 aromatic rings. The molecule has 0 saturated carbocycles. The van der Waals surface area contributed by atoms with Crippen LogP contribution in [-0.4, -0.2) is 29.4 Å². The van der Waals surface area contributed by atoms with Gasteiger partial charge in [0.15, 0.2) is 0 Å². The van der Waals surface area contributed by atoms with Crippen molar-refractivity contribution in [2.75, 3.05) is 0 Å². The smallest absolute Gasteiger partial charge is 0.267 e. The second-order valence-electron chi connectivity index (χ2n) is 7.59. The largest absolute Gasteiger partial charge is 0.393 e. The van der Waals surface area contributed by atoms with E-state index < -0.39 is 15.4 Å². The van der Waals surface area contributed by atoms with E-state index in [0.29, 0.717) is 19.3 Å². The topological polar surface area (TPSA) is 74.6 Å². The van der Waals surface area contributed by atoms with E-state index in [-0.39, 0.29) is 6.10 Å². The molecule has 0 radical (unpaired) electrons. The van der Waals surface area contributed by atoms with Gasteiger partial charge in [-0.2, -0.15) is 8.42 Å². The van der Waals surface area contributed by atoms with Crippen LogP contribution in [0.4, 0.5) is 0 Å². The Morgan fingerprint density at radius 3 is 1.52 bits per heavy atom. The molecule has 0 aliphatic rings. The normalized spacial score (nSPS) is 14.6. The van der Waals surface area contributed by atoms with Crippen LogP contribution in [0.3, 0.4) is 0 Å². The minimum absolute atomic E-state index is 0.336. The summed E-state index contributed by atoms with van der Waals surface area (Å²) in [4.78, 5) is 0. The molecule has 5 heteroatoms. The molecule has 0 bridgehead atoms. The van der Waals surface area contributed by atoms with Crippen molar-refractivity contribution in [2.45, 2.75) is 128 Å². The van der Waals surface area contributed by atoms with Crippen LogP contribution in [-0.2, 0) is 10.1 Å². The van der Waals surface area contributed by atoms with Gasteiger partial charge in [0.25, 0.3) is 10.1 Å². The third-order valence-electron chi connectivity index (χ3n) is 5.05. The molecule has 2 atom stereocenters. The third-order valence-corrected chi connectivity index (χ3v) is 6.30. The fourth-order valence-corrected chi connectivity index (χ4v) is 3.62. The quantitative estimate of drug-likeness (QED) is 0.230. The second kappa shape index (κ2) is 16.1. The number of unbranched alkanes of at least 4 members (excludes halogenated alkanes) is 11. The van der Waals surface area contributed by atoms with Crippen molar-refractivity contribution < 1.29 is 18.1 Å². The summed E-state index contributed by atoms with van der Waals surface area (Å²) in [6.45, 7) is 3.76. The Bertz CT molecular complexity index is 381. The van der Waals surface area contributed by atoms with E-state index in [1.165, 1.54) is 77.6 Å². The van der Waals surface area contributed by atoms with Gasteiger partial charge in [-0.1, -0.05) is 84.0 Å². The van der Waals surface area contributed by atoms with Crippen LogP contribution in [0.5, 0.6) is 0 Å². The van der Waals surface area contributed by atoms with Crippen LogP contribution < -0.4 is 0 Å². The predicted molar refractivity (Wildman–Crippen MR) is 107 cm³/mol. The Kier molecular flexibility index (Phi) is 16.0. The van der Waals surface area contributed by atoms with Gasteiger partial charge in [0.2, 0.25) is 0 Å². The third kappa shape index (κ3) is 17.1. The van der Waals surface area contributed by atoms with Crippen molar-refractivity contribution >= 4 is 10.1 Å². The molecule has 4 nitrogen and oxygen atoms in total. The minimum atomic E-state index is -3.92. The van der Waals surface area contributed by atoms with Crippen LogP contribution in [0.25, 0.3) is 0 Å². The summed E-state index contributed by atoms with van der Waals surface area (Å²) in [6.07, 6.45) is 17.9. The van der Waals surface area contributed by atoms with Gasteiger partial charge >= 0.3 is 0 Å². The average molecular weight is 379 g/mol. The van der Waals surface area contributed by atoms with Crippen molar-refractivity contribution in [1.82, 2.24) is 0 Å². The van der Waals surface area contributed by atoms with E-state index in [2.05, 4.69) is 6.92 Å². The van der Waals surface area contributed by atoms with Gasteiger partial charge in [-0.3, -0.25) is 4.55 Å². The number of aliphatic hydroxyl groups is 1. The number of hydrogen-bond acceptors (Lipinski definition) is 3. The highest BCUT2D eigenvalue weighted by Crippen LogP contribution is 2.15. The summed E-state index contributed by atoms with van der Waals surface area (Å²) in [7, 11) is -3.92. The van der Waals surface area contributed by atoms with Crippen LogP contribution in [0.15, 0.2) is 0 Å². The zero-order valence-corrected chi connectivity index (χ0v) is 17.4. The van der Waals surface area contributed by atoms with Crippen molar-refractivity contribution in [3.63, 3.8) is 0 Å². The second-order valence-corrected chi connectivity index (χ2v) is 9.42. The van der Waals surface area contributed by atoms with Crippen LogP contribution >= 0.6 is 0 Å². The van der Waals surface area contributed by atoms with Crippen molar-refractivity contribution in [1.29, 1.82) is 0 Å². The fraction of sp³-hybridized carbons (Fsp3) is 1.00. The zero-order valence-electron chi connectivity index (χ0n) is 16.6. The predicted octanol–water partition coefficient (Wildman–Crippen LogP) is 5.89. The first-order chi connectivity index (χ1) is 11.9. The standard InChI is InChI=1S/C20H42O4S/c1-3-4-5-6-7-8-9-10-11-12-13-14-17-20(21)18-15-16-19(2)25(22,23)24/h19-21H,3-18H2,1-2H3,(H,22,23,24). The molecular weight excluding hydrogens is 336 g/mol. The maximum Gasteiger partial charge on any atom is 0.267 e. The summed E-state index contributed by atoms with van der Waals surface area (Å²) in [5.74, 6) is 0. The van der Waals surface area contributed by atoms with E-state index in [1.54, 1.807) is 0 Å². The molecule has 0 rings (SSSR count). The number of aliphatic hydroxyl groups excluding tert-OH is 1. The zero-order chi connectivity index (χ0) is 19.0. The van der Waals surface area contributed by atoms with Crippen LogP contribution in [0, 0.1) is 0 Å². The molecule has 25 heavy (non-hydrogen) atoms. The molecular formula is C20H42O4S. The Morgan fingerprint density at radius 2 is 1.08 bits per heavy atom. The van der Waals surface area contributed by atoms with Crippen molar-refractivity contribution in [2.24, 2.45) is 0 Å². The van der Waals surface area contributed by atoms with Gasteiger partial charge in [-0.05, 0) is 32.6 Å². The van der Waals surface area contributed by atoms with Gasteiger partial charge in [-0.15, -0.1) is 0 Å². The van der Waals surface area contributed by atoms with E-state index >= 15 is 0 Å². The Hall–Kier alpha value is -0.130. The first-order valence-corrected chi connectivity index (χ1v) is 12.0. The first-order valence-electron chi connectivity index (χ1n) is 10.5. The molecule has 0 aliphatic carbocycles. The van der Waals surface area contributed by atoms with Gasteiger partial charge in [0, 0.05) is 0 Å². The Morgan fingerprint density at radius 1 is 0.680 bits per heavy atom. The maximum absolute atomic E-state index is 10.9. The highest BCUT2D eigenvalue weighted by atomic mass is 32.2. The maximum atomic E-state index is 10.9. The summed E-state index contributed by atoms with van der Waals surface area (Å²) in [5, 5.41) is 9.18. The molecule has 0 heterocycles. The molecule has 2 N–H and O–H groups in total. The van der Waals surface area contributed by atoms with E-state index in [4.69, 9.17) is 4.55 Å². The van der Waals surface area contributed by atoms with Crippen molar-refractivity contribution in [3.05, 3.63) is 0 Å². The molecule has 0 spiro atoms. The summed E-state index contributed by atoms with van der Waals surface area (Å²) in [5.41, 5.74) is 0. The lowest BCUT2D eigenvalue weighted by molar-refractivity contribution is 0.147. The van der Waals surface area contributed by atoms with Crippen molar-refractivity contribution in [3.8, 4) is 0 Å². The lowest BCUT2D eigenvalue weighted by Gasteiger charge is -2.12. The molecule has 2 unspecified atom stereocenters.